The van der Waals surface area contributed by atoms with Crippen molar-refractivity contribution >= 4 is 17.5 Å². The van der Waals surface area contributed by atoms with E-state index in [1.807, 2.05) is 4.90 Å². The standard InChI is InChI=1S/C30H23F4N7O2/c31-21-4-6-22(7-5-21)40-18-37-28(43)29(40)9-12-39(13-10-29)27(42)24-15-26(20-2-1-11-36-17-20)41(38-24)25-8-3-19(16-35)14-23(25)30(32,33)34/h1-8,11,14-15,17H,9-10,12-13,18H2,(H,37,43). The van der Waals surface area contributed by atoms with Crippen LogP contribution in [-0.4, -0.2) is 56.8 Å². The second-order valence-electron chi connectivity index (χ2n) is 10.3. The molecule has 1 spiro atoms. The van der Waals surface area contributed by atoms with Crippen LogP contribution in [0.5, 0.6) is 0 Å². The first-order valence-electron chi connectivity index (χ1n) is 13.3. The third kappa shape index (κ3) is 4.94. The van der Waals surface area contributed by atoms with Crippen molar-refractivity contribution in [2.75, 3.05) is 24.7 Å². The van der Waals surface area contributed by atoms with E-state index in [2.05, 4.69) is 15.4 Å². The number of benzene rings is 2. The molecule has 13 heteroatoms. The van der Waals surface area contributed by atoms with Gasteiger partial charge in [-0.2, -0.15) is 23.5 Å². The molecule has 4 aromatic rings. The number of aromatic nitrogens is 3. The smallest absolute Gasteiger partial charge is 0.339 e. The van der Waals surface area contributed by atoms with Gasteiger partial charge in [0, 0.05) is 36.7 Å². The summed E-state index contributed by atoms with van der Waals surface area (Å²) in [5, 5.41) is 16.4. The SMILES string of the molecule is N#Cc1ccc(-n2nc(C(=O)N3CCC4(CC3)C(=O)NCN4c3ccc(F)cc3)cc2-c2cccnc2)c(C(F)(F)F)c1. The molecule has 2 amide bonds. The number of carbonyl (C=O) groups is 2. The van der Waals surface area contributed by atoms with Crippen molar-refractivity contribution in [1.82, 2.24) is 25.0 Å². The van der Waals surface area contributed by atoms with Crippen LogP contribution < -0.4 is 10.2 Å². The summed E-state index contributed by atoms with van der Waals surface area (Å²) in [6.07, 6.45) is -1.27. The van der Waals surface area contributed by atoms with Gasteiger partial charge in [0.25, 0.3) is 5.91 Å². The Hall–Kier alpha value is -5.25. The molecule has 0 saturated carbocycles. The summed E-state index contributed by atoms with van der Waals surface area (Å²) in [5.41, 5.74) is -1.30. The molecule has 2 fully saturated rings. The van der Waals surface area contributed by atoms with Crippen molar-refractivity contribution in [3.8, 4) is 23.0 Å². The van der Waals surface area contributed by atoms with Gasteiger partial charge in [-0.25, -0.2) is 9.07 Å². The third-order valence-corrected chi connectivity index (χ3v) is 7.90. The molecule has 2 aromatic heterocycles. The van der Waals surface area contributed by atoms with Gasteiger partial charge in [0.05, 0.1) is 35.2 Å². The van der Waals surface area contributed by atoms with E-state index in [0.717, 1.165) is 16.8 Å². The summed E-state index contributed by atoms with van der Waals surface area (Å²) in [7, 11) is 0. The van der Waals surface area contributed by atoms with Gasteiger partial charge in [-0.1, -0.05) is 0 Å². The first-order valence-corrected chi connectivity index (χ1v) is 13.3. The molecule has 9 nitrogen and oxygen atoms in total. The first kappa shape index (κ1) is 27.9. The fourth-order valence-corrected chi connectivity index (χ4v) is 5.69. The van der Waals surface area contributed by atoms with Gasteiger partial charge in [0.15, 0.2) is 5.69 Å². The van der Waals surface area contributed by atoms with Crippen molar-refractivity contribution in [3.05, 3.63) is 95.7 Å². The molecule has 1 N–H and O–H groups in total. The molecule has 6 rings (SSSR count). The molecule has 0 radical (unpaired) electrons. The van der Waals surface area contributed by atoms with Gasteiger partial charge in [-0.15, -0.1) is 0 Å². The number of nitriles is 1. The maximum absolute atomic E-state index is 14.1. The van der Waals surface area contributed by atoms with Crippen LogP contribution in [0.1, 0.15) is 34.5 Å². The molecule has 2 saturated heterocycles. The zero-order chi connectivity index (χ0) is 30.4. The Balaban J connectivity index is 1.33. The second-order valence-corrected chi connectivity index (χ2v) is 10.3. The Morgan fingerprint density at radius 2 is 1.79 bits per heavy atom. The molecule has 2 aliphatic rings. The van der Waals surface area contributed by atoms with Crippen LogP contribution in [0.25, 0.3) is 16.9 Å². The number of halogens is 4. The number of anilines is 1. The number of nitrogens with zero attached hydrogens (tertiary/aromatic N) is 6. The van der Waals surface area contributed by atoms with Crippen LogP contribution in [0.4, 0.5) is 23.2 Å². The van der Waals surface area contributed by atoms with Crippen LogP contribution >= 0.6 is 0 Å². The van der Waals surface area contributed by atoms with E-state index in [9.17, 15) is 32.4 Å². The van der Waals surface area contributed by atoms with E-state index in [4.69, 9.17) is 0 Å². The molecule has 0 atom stereocenters. The average Bonchev–Trinajstić information content (AvgIpc) is 3.59. The van der Waals surface area contributed by atoms with E-state index in [0.29, 0.717) is 11.3 Å². The van der Waals surface area contributed by atoms with Crippen LogP contribution in [-0.2, 0) is 11.0 Å². The fraction of sp³-hybridized carbons (Fsp3) is 0.233. The van der Waals surface area contributed by atoms with E-state index >= 15 is 0 Å². The highest BCUT2D eigenvalue weighted by molar-refractivity contribution is 5.96. The van der Waals surface area contributed by atoms with E-state index in [-0.39, 0.29) is 61.1 Å². The maximum Gasteiger partial charge on any atom is 0.418 e. The minimum absolute atomic E-state index is 0.0847. The second kappa shape index (κ2) is 10.5. The minimum atomic E-state index is -4.80. The van der Waals surface area contributed by atoms with Crippen molar-refractivity contribution in [1.29, 1.82) is 5.26 Å². The summed E-state index contributed by atoms with van der Waals surface area (Å²) in [6, 6.07) is 15.4. The highest BCUT2D eigenvalue weighted by atomic mass is 19.4. The molecule has 0 bridgehead atoms. The molecule has 2 aliphatic heterocycles. The van der Waals surface area contributed by atoms with Crippen molar-refractivity contribution in [2.45, 2.75) is 24.6 Å². The zero-order valence-electron chi connectivity index (χ0n) is 22.5. The lowest BCUT2D eigenvalue weighted by Gasteiger charge is -2.43. The molecule has 4 heterocycles. The lowest BCUT2D eigenvalue weighted by Crippen LogP contribution is -2.57. The average molecular weight is 590 g/mol. The van der Waals surface area contributed by atoms with Crippen LogP contribution in [0.3, 0.4) is 0 Å². The number of hydrogen-bond donors (Lipinski definition) is 1. The quantitative estimate of drug-likeness (QED) is 0.351. The monoisotopic (exact) mass is 589 g/mol. The molecule has 218 valence electrons. The van der Waals surface area contributed by atoms with Crippen LogP contribution in [0.15, 0.2) is 73.1 Å². The number of rotatable bonds is 4. The van der Waals surface area contributed by atoms with Crippen molar-refractivity contribution < 1.29 is 27.2 Å². The highest BCUT2D eigenvalue weighted by Gasteiger charge is 2.51. The van der Waals surface area contributed by atoms with Gasteiger partial charge in [0.2, 0.25) is 5.91 Å². The van der Waals surface area contributed by atoms with Gasteiger partial charge in [-0.05, 0) is 73.5 Å². The Morgan fingerprint density at radius 3 is 2.44 bits per heavy atom. The maximum atomic E-state index is 14.1. The highest BCUT2D eigenvalue weighted by Crippen LogP contribution is 2.38. The number of hydrogen-bond acceptors (Lipinski definition) is 6. The topological polar surface area (TPSA) is 107 Å². The summed E-state index contributed by atoms with van der Waals surface area (Å²) < 4.78 is 56.9. The van der Waals surface area contributed by atoms with E-state index in [1.165, 1.54) is 41.6 Å². The number of nitrogens with one attached hydrogen (secondary N) is 1. The van der Waals surface area contributed by atoms with E-state index in [1.54, 1.807) is 30.3 Å². The molecule has 2 aromatic carbocycles. The number of piperidine rings is 1. The van der Waals surface area contributed by atoms with Crippen LogP contribution in [0.2, 0.25) is 0 Å². The number of amides is 2. The molecular formula is C30H23F4N7O2. The predicted molar refractivity (Wildman–Crippen MR) is 146 cm³/mol. The molecule has 43 heavy (non-hydrogen) atoms. The summed E-state index contributed by atoms with van der Waals surface area (Å²) in [6.45, 7) is 0.608. The molecule has 0 aliphatic carbocycles. The Kier molecular flexibility index (Phi) is 6.84. The van der Waals surface area contributed by atoms with Gasteiger partial charge in [-0.3, -0.25) is 14.6 Å². The van der Waals surface area contributed by atoms with Gasteiger partial charge >= 0.3 is 6.18 Å². The Morgan fingerprint density at radius 1 is 1.05 bits per heavy atom. The number of carbonyl (C=O) groups excluding carboxylic acids is 2. The number of alkyl halides is 3. The summed E-state index contributed by atoms with van der Waals surface area (Å²) in [5.74, 6) is -1.09. The predicted octanol–water partition coefficient (Wildman–Crippen LogP) is 4.53. The van der Waals surface area contributed by atoms with Gasteiger partial charge in [0.1, 0.15) is 11.4 Å². The van der Waals surface area contributed by atoms with Crippen LogP contribution in [0, 0.1) is 17.1 Å². The largest absolute Gasteiger partial charge is 0.418 e. The fourth-order valence-electron chi connectivity index (χ4n) is 5.69. The van der Waals surface area contributed by atoms with E-state index < -0.39 is 29.0 Å². The molecule has 0 unspecified atom stereocenters. The van der Waals surface area contributed by atoms with Crippen molar-refractivity contribution in [3.63, 3.8) is 0 Å². The normalized spacial score (nSPS) is 16.3. The summed E-state index contributed by atoms with van der Waals surface area (Å²) in [4.78, 5) is 34.1. The Bertz CT molecular complexity index is 1740. The Labute approximate surface area is 243 Å². The lowest BCUT2D eigenvalue weighted by molar-refractivity contribution is -0.137. The third-order valence-electron chi connectivity index (χ3n) is 7.90. The lowest BCUT2D eigenvalue weighted by atomic mass is 9.85. The molecular weight excluding hydrogens is 566 g/mol. The first-order chi connectivity index (χ1) is 20.6. The number of likely N-dealkylation sites (tertiary alicyclic amines) is 1. The van der Waals surface area contributed by atoms with Crippen molar-refractivity contribution in [2.24, 2.45) is 0 Å². The zero-order valence-corrected chi connectivity index (χ0v) is 22.5. The number of pyridine rings is 1. The minimum Gasteiger partial charge on any atom is -0.339 e. The van der Waals surface area contributed by atoms with Gasteiger partial charge < -0.3 is 15.1 Å². The summed E-state index contributed by atoms with van der Waals surface area (Å²) >= 11 is 0.